The summed E-state index contributed by atoms with van der Waals surface area (Å²) in [5.41, 5.74) is -1.48. The molecule has 1 heterocycles. The lowest BCUT2D eigenvalue weighted by molar-refractivity contribution is -0.274. The molecule has 0 unspecified atom stereocenters. The Bertz CT molecular complexity index is 1380. The molecule has 0 bridgehead atoms. The smallest absolute Gasteiger partial charge is 0.460 e. The van der Waals surface area contributed by atoms with Crippen LogP contribution in [-0.4, -0.2) is 43.4 Å². The molecule has 0 amide bonds. The molecule has 2 aromatic carbocycles. The maximum Gasteiger partial charge on any atom is 0.573 e. The van der Waals surface area contributed by atoms with Crippen LogP contribution in [0, 0.1) is 0 Å². The van der Waals surface area contributed by atoms with Gasteiger partial charge in [-0.1, -0.05) is 12.1 Å². The highest BCUT2D eigenvalue weighted by atomic mass is 32.2. The van der Waals surface area contributed by atoms with E-state index >= 15 is 0 Å². The zero-order valence-electron chi connectivity index (χ0n) is 17.1. The van der Waals surface area contributed by atoms with Crippen molar-refractivity contribution in [2.24, 2.45) is 0 Å². The number of carbonyl (C=O) groups is 1. The average Bonchev–Trinajstić information content (AvgIpc) is 2.73. The van der Waals surface area contributed by atoms with Gasteiger partial charge in [0, 0.05) is 6.26 Å². The van der Waals surface area contributed by atoms with Crippen molar-refractivity contribution in [3.8, 4) is 11.4 Å². The fourth-order valence-corrected chi connectivity index (χ4v) is 3.87. The molecule has 0 N–H and O–H groups in total. The van der Waals surface area contributed by atoms with Crippen molar-refractivity contribution in [1.29, 1.82) is 0 Å². The summed E-state index contributed by atoms with van der Waals surface area (Å²) in [4.78, 5) is 25.2. The number of hydrogen-bond acceptors (Lipinski definition) is 7. The van der Waals surface area contributed by atoms with Gasteiger partial charge in [0.1, 0.15) is 5.75 Å². The Morgan fingerprint density at radius 3 is 2.42 bits per heavy atom. The third-order valence-electron chi connectivity index (χ3n) is 4.34. The molecule has 1 aromatic heterocycles. The van der Waals surface area contributed by atoms with Gasteiger partial charge in [0.25, 0.3) is 0 Å². The van der Waals surface area contributed by atoms with Crippen molar-refractivity contribution in [3.05, 3.63) is 71.0 Å². The van der Waals surface area contributed by atoms with Crippen molar-refractivity contribution in [2.75, 3.05) is 12.9 Å². The summed E-state index contributed by atoms with van der Waals surface area (Å²) in [6.45, 7) is 3.41. The second kappa shape index (κ2) is 9.06. The number of fused-ring (bicyclic) bond motifs is 1. The topological polar surface area (TPSA) is 105 Å². The predicted molar refractivity (Wildman–Crippen MR) is 112 cm³/mol. The highest BCUT2D eigenvalue weighted by Gasteiger charge is 2.31. The Morgan fingerprint density at radius 2 is 1.85 bits per heavy atom. The molecule has 3 aromatic rings. The van der Waals surface area contributed by atoms with Gasteiger partial charge < -0.3 is 9.47 Å². The van der Waals surface area contributed by atoms with E-state index < -0.39 is 39.0 Å². The van der Waals surface area contributed by atoms with Gasteiger partial charge in [-0.15, -0.1) is 19.8 Å². The standard InChI is InChI=1S/C21H17F3N2O6S/c1-3-4-12-31-20(28)18-19(27)17-15(6-5-7-16(17)33(2,29)30)26(25-18)13-8-10-14(11-9-13)32-21(22,23)24/h3,5-11H,1,4,12H2,2H3. The number of alkyl halides is 3. The molecule has 0 spiro atoms. The summed E-state index contributed by atoms with van der Waals surface area (Å²) in [6.07, 6.45) is -2.19. The molecule has 33 heavy (non-hydrogen) atoms. The molecule has 0 aliphatic rings. The number of aromatic nitrogens is 2. The number of ether oxygens (including phenoxy) is 2. The van der Waals surface area contributed by atoms with E-state index in [0.29, 0.717) is 6.42 Å². The SMILES string of the molecule is C=CCCOC(=O)c1nn(-c2ccc(OC(F)(F)F)cc2)c2cccc(S(C)(=O)=O)c2c1=O. The molecule has 0 saturated heterocycles. The van der Waals surface area contributed by atoms with E-state index in [1.54, 1.807) is 0 Å². The minimum atomic E-state index is -4.89. The number of sulfone groups is 1. The van der Waals surface area contributed by atoms with Crippen LogP contribution >= 0.6 is 0 Å². The van der Waals surface area contributed by atoms with E-state index in [1.807, 2.05) is 0 Å². The number of carbonyl (C=O) groups excluding carboxylic acids is 1. The minimum absolute atomic E-state index is 0.0232. The number of hydrogen-bond donors (Lipinski definition) is 0. The average molecular weight is 482 g/mol. The summed E-state index contributed by atoms with van der Waals surface area (Å²) in [5, 5.41) is 3.72. The summed E-state index contributed by atoms with van der Waals surface area (Å²) in [6, 6.07) is 8.41. The van der Waals surface area contributed by atoms with E-state index in [0.717, 1.165) is 23.1 Å². The molecule has 0 aliphatic carbocycles. The van der Waals surface area contributed by atoms with Crippen LogP contribution in [0.4, 0.5) is 13.2 Å². The molecule has 8 nitrogen and oxygen atoms in total. The lowest BCUT2D eigenvalue weighted by Crippen LogP contribution is -2.25. The molecular weight excluding hydrogens is 465 g/mol. The fraction of sp³-hybridized carbons (Fsp3) is 0.190. The molecule has 0 atom stereocenters. The van der Waals surface area contributed by atoms with Crippen molar-refractivity contribution in [3.63, 3.8) is 0 Å². The minimum Gasteiger partial charge on any atom is -0.460 e. The third-order valence-corrected chi connectivity index (χ3v) is 5.48. The largest absolute Gasteiger partial charge is 0.573 e. The van der Waals surface area contributed by atoms with Gasteiger partial charge >= 0.3 is 12.3 Å². The quantitative estimate of drug-likeness (QED) is 0.289. The van der Waals surface area contributed by atoms with Crippen molar-refractivity contribution >= 4 is 26.7 Å². The van der Waals surface area contributed by atoms with Gasteiger partial charge in [-0.05, 0) is 42.8 Å². The summed E-state index contributed by atoms with van der Waals surface area (Å²) in [5.74, 6) is -1.59. The van der Waals surface area contributed by atoms with Gasteiger partial charge in [-0.25, -0.2) is 17.9 Å². The molecule has 0 aliphatic heterocycles. The normalized spacial score (nSPS) is 11.9. The number of esters is 1. The maximum atomic E-state index is 13.1. The van der Waals surface area contributed by atoms with Crippen LogP contribution in [0.15, 0.2) is 64.8 Å². The van der Waals surface area contributed by atoms with Crippen molar-refractivity contribution < 1.29 is 35.9 Å². The van der Waals surface area contributed by atoms with Gasteiger partial charge in [0.15, 0.2) is 9.84 Å². The van der Waals surface area contributed by atoms with E-state index in [2.05, 4.69) is 16.4 Å². The zero-order valence-corrected chi connectivity index (χ0v) is 17.9. The molecule has 12 heteroatoms. The number of halogens is 3. The lowest BCUT2D eigenvalue weighted by Gasteiger charge is -2.14. The first kappa shape index (κ1) is 24.0. The summed E-state index contributed by atoms with van der Waals surface area (Å²) < 4.78 is 71.9. The van der Waals surface area contributed by atoms with E-state index in [9.17, 15) is 31.2 Å². The van der Waals surface area contributed by atoms with Crippen LogP contribution in [0.25, 0.3) is 16.6 Å². The highest BCUT2D eigenvalue weighted by Crippen LogP contribution is 2.26. The molecular formula is C21H17F3N2O6S. The first-order valence-electron chi connectivity index (χ1n) is 9.32. The first-order valence-corrected chi connectivity index (χ1v) is 11.2. The molecule has 0 fully saturated rings. The lowest BCUT2D eigenvalue weighted by atomic mass is 10.2. The Hall–Kier alpha value is -3.67. The Balaban J connectivity index is 2.26. The Labute approximate surface area is 185 Å². The van der Waals surface area contributed by atoms with Crippen LogP contribution in [0.2, 0.25) is 0 Å². The van der Waals surface area contributed by atoms with Crippen molar-refractivity contribution in [2.45, 2.75) is 17.7 Å². The summed E-state index contributed by atoms with van der Waals surface area (Å²) >= 11 is 0. The number of rotatable bonds is 7. The number of nitrogens with zero attached hydrogens (tertiary/aromatic N) is 2. The second-order valence-electron chi connectivity index (χ2n) is 6.77. The van der Waals surface area contributed by atoms with E-state index in [1.165, 1.54) is 36.4 Å². The van der Waals surface area contributed by atoms with Gasteiger partial charge in [-0.2, -0.15) is 5.10 Å². The summed E-state index contributed by atoms with van der Waals surface area (Å²) in [7, 11) is -3.89. The van der Waals surface area contributed by atoms with Crippen LogP contribution in [-0.2, 0) is 14.6 Å². The molecule has 0 radical (unpaired) electrons. The molecule has 174 valence electrons. The van der Waals surface area contributed by atoms with Crippen LogP contribution in [0.5, 0.6) is 5.75 Å². The van der Waals surface area contributed by atoms with Crippen LogP contribution < -0.4 is 10.2 Å². The van der Waals surface area contributed by atoms with Gasteiger partial charge in [0.05, 0.1) is 28.1 Å². The number of benzene rings is 2. The third kappa shape index (κ3) is 5.40. The first-order chi connectivity index (χ1) is 15.4. The highest BCUT2D eigenvalue weighted by molar-refractivity contribution is 7.91. The van der Waals surface area contributed by atoms with E-state index in [4.69, 9.17) is 4.74 Å². The monoisotopic (exact) mass is 482 g/mol. The van der Waals surface area contributed by atoms with Crippen LogP contribution in [0.1, 0.15) is 16.9 Å². The second-order valence-corrected chi connectivity index (χ2v) is 8.75. The fourth-order valence-electron chi connectivity index (χ4n) is 2.97. The van der Waals surface area contributed by atoms with Crippen LogP contribution in [0.3, 0.4) is 0 Å². The molecule has 0 saturated carbocycles. The van der Waals surface area contributed by atoms with Gasteiger partial charge in [-0.3, -0.25) is 4.79 Å². The Kier molecular flexibility index (Phi) is 6.58. The van der Waals surface area contributed by atoms with E-state index in [-0.39, 0.29) is 28.1 Å². The maximum absolute atomic E-state index is 13.1. The van der Waals surface area contributed by atoms with Crippen molar-refractivity contribution in [1.82, 2.24) is 9.78 Å². The predicted octanol–water partition coefficient (Wildman–Crippen LogP) is 3.42. The van der Waals surface area contributed by atoms with Gasteiger partial charge in [0.2, 0.25) is 11.1 Å². The molecule has 3 rings (SSSR count). The zero-order chi connectivity index (χ0) is 24.4. The Morgan fingerprint density at radius 1 is 1.18 bits per heavy atom.